The van der Waals surface area contributed by atoms with E-state index in [2.05, 4.69) is 0 Å². The van der Waals surface area contributed by atoms with E-state index in [1.807, 2.05) is 30.3 Å². The SMILES string of the molecule is CCN(Cc1ccccc1)S(=O)(=O)c1ccc(S(=O)(=O)CC2CCOCC2)cc1. The van der Waals surface area contributed by atoms with E-state index in [-0.39, 0.29) is 28.0 Å². The maximum absolute atomic E-state index is 13.0. The highest BCUT2D eigenvalue weighted by molar-refractivity contribution is 7.91. The molecule has 0 spiro atoms. The Kier molecular flexibility index (Phi) is 7.10. The van der Waals surface area contributed by atoms with Gasteiger partial charge in [-0.15, -0.1) is 0 Å². The van der Waals surface area contributed by atoms with E-state index in [0.29, 0.717) is 19.8 Å². The molecule has 0 saturated carbocycles. The minimum atomic E-state index is -3.72. The zero-order chi connectivity index (χ0) is 20.9. The van der Waals surface area contributed by atoms with Crippen molar-refractivity contribution in [3.8, 4) is 0 Å². The fourth-order valence-corrected chi connectivity index (χ4v) is 6.58. The Hall–Kier alpha value is -1.74. The van der Waals surface area contributed by atoms with Gasteiger partial charge in [0.1, 0.15) is 0 Å². The number of nitrogens with zero attached hydrogens (tertiary/aromatic N) is 1. The normalized spacial score (nSPS) is 16.2. The molecule has 6 nitrogen and oxygen atoms in total. The van der Waals surface area contributed by atoms with E-state index in [0.717, 1.165) is 18.4 Å². The Bertz CT molecular complexity index is 997. The third-order valence-electron chi connectivity index (χ3n) is 5.17. The molecular formula is C21H27NO5S2. The second kappa shape index (κ2) is 9.38. The predicted molar refractivity (Wildman–Crippen MR) is 112 cm³/mol. The summed E-state index contributed by atoms with van der Waals surface area (Å²) in [6.45, 7) is 3.55. The molecule has 0 N–H and O–H groups in total. The van der Waals surface area contributed by atoms with Gasteiger partial charge in [0.15, 0.2) is 9.84 Å². The Morgan fingerprint density at radius 2 is 1.48 bits per heavy atom. The van der Waals surface area contributed by atoms with E-state index in [9.17, 15) is 16.8 Å². The fourth-order valence-electron chi connectivity index (χ4n) is 3.44. The summed E-state index contributed by atoms with van der Waals surface area (Å²) in [5.41, 5.74) is 0.897. The summed E-state index contributed by atoms with van der Waals surface area (Å²) in [5.74, 6) is 0.149. The van der Waals surface area contributed by atoms with Crippen molar-refractivity contribution in [3.63, 3.8) is 0 Å². The van der Waals surface area contributed by atoms with Gasteiger partial charge in [-0.1, -0.05) is 37.3 Å². The lowest BCUT2D eigenvalue weighted by Gasteiger charge is -2.22. The van der Waals surface area contributed by atoms with E-state index in [4.69, 9.17) is 4.74 Å². The van der Waals surface area contributed by atoms with Crippen LogP contribution in [0.3, 0.4) is 0 Å². The molecule has 1 heterocycles. The molecule has 0 aliphatic carbocycles. The van der Waals surface area contributed by atoms with Crippen molar-refractivity contribution in [1.82, 2.24) is 4.31 Å². The van der Waals surface area contributed by atoms with Gasteiger partial charge in [0.25, 0.3) is 0 Å². The molecule has 0 aromatic heterocycles. The van der Waals surface area contributed by atoms with Gasteiger partial charge in [0.05, 0.1) is 15.5 Å². The quantitative estimate of drug-likeness (QED) is 0.634. The molecule has 29 heavy (non-hydrogen) atoms. The standard InChI is InChI=1S/C21H27NO5S2/c1-2-22(16-18-6-4-3-5-7-18)29(25,26)21-10-8-20(9-11-21)28(23,24)17-19-12-14-27-15-13-19/h3-11,19H,2,12-17H2,1H3. The number of hydrogen-bond donors (Lipinski definition) is 0. The maximum Gasteiger partial charge on any atom is 0.243 e. The molecule has 158 valence electrons. The number of benzene rings is 2. The Labute approximate surface area is 173 Å². The molecule has 1 saturated heterocycles. The van der Waals surface area contributed by atoms with Crippen molar-refractivity contribution >= 4 is 19.9 Å². The van der Waals surface area contributed by atoms with Gasteiger partial charge in [-0.25, -0.2) is 16.8 Å². The maximum atomic E-state index is 13.0. The Morgan fingerprint density at radius 1 is 0.897 bits per heavy atom. The minimum absolute atomic E-state index is 0.0670. The topological polar surface area (TPSA) is 80.8 Å². The van der Waals surface area contributed by atoms with E-state index < -0.39 is 19.9 Å². The number of sulfone groups is 1. The molecule has 3 rings (SSSR count). The molecule has 1 fully saturated rings. The molecule has 0 unspecified atom stereocenters. The van der Waals surface area contributed by atoms with Crippen LogP contribution in [0, 0.1) is 5.92 Å². The summed E-state index contributed by atoms with van der Waals surface area (Å²) >= 11 is 0. The van der Waals surface area contributed by atoms with Crippen LogP contribution < -0.4 is 0 Å². The predicted octanol–water partition coefficient (Wildman–Crippen LogP) is 3.10. The highest BCUT2D eigenvalue weighted by Gasteiger charge is 2.26. The summed E-state index contributed by atoms with van der Waals surface area (Å²) in [4.78, 5) is 0.259. The van der Waals surface area contributed by atoms with Crippen LogP contribution in [0.4, 0.5) is 0 Å². The van der Waals surface area contributed by atoms with Crippen LogP contribution in [0.15, 0.2) is 64.4 Å². The van der Waals surface area contributed by atoms with Gasteiger partial charge in [-0.2, -0.15) is 4.31 Å². The summed E-state index contributed by atoms with van der Waals surface area (Å²) < 4.78 is 58.1. The van der Waals surface area contributed by atoms with Crippen LogP contribution in [0.5, 0.6) is 0 Å². The van der Waals surface area contributed by atoms with Crippen LogP contribution in [0.2, 0.25) is 0 Å². The third kappa shape index (κ3) is 5.45. The summed E-state index contributed by atoms with van der Waals surface area (Å²) in [7, 11) is -7.18. The largest absolute Gasteiger partial charge is 0.381 e. The van der Waals surface area contributed by atoms with Crippen LogP contribution in [0.1, 0.15) is 25.3 Å². The van der Waals surface area contributed by atoms with Gasteiger partial charge in [-0.05, 0) is 48.6 Å². The number of ether oxygens (including phenoxy) is 1. The molecule has 8 heteroatoms. The lowest BCUT2D eigenvalue weighted by Crippen LogP contribution is -2.30. The van der Waals surface area contributed by atoms with E-state index in [1.165, 1.54) is 28.6 Å². The first-order valence-electron chi connectivity index (χ1n) is 9.77. The average molecular weight is 438 g/mol. The lowest BCUT2D eigenvalue weighted by atomic mass is 10.0. The molecule has 1 aliphatic heterocycles. The molecule has 0 bridgehead atoms. The second-order valence-corrected chi connectivity index (χ2v) is 11.2. The molecule has 0 radical (unpaired) electrons. The summed E-state index contributed by atoms with van der Waals surface area (Å²) in [6, 6.07) is 15.0. The highest BCUT2D eigenvalue weighted by Crippen LogP contribution is 2.24. The lowest BCUT2D eigenvalue weighted by molar-refractivity contribution is 0.0723. The van der Waals surface area contributed by atoms with Crippen molar-refractivity contribution in [2.45, 2.75) is 36.1 Å². The summed E-state index contributed by atoms with van der Waals surface area (Å²) in [5, 5.41) is 0. The van der Waals surface area contributed by atoms with Crippen molar-refractivity contribution in [2.75, 3.05) is 25.5 Å². The Balaban J connectivity index is 1.76. The van der Waals surface area contributed by atoms with Crippen molar-refractivity contribution in [2.24, 2.45) is 5.92 Å². The first-order valence-corrected chi connectivity index (χ1v) is 12.9. The van der Waals surface area contributed by atoms with Crippen LogP contribution in [-0.2, 0) is 31.1 Å². The first-order chi connectivity index (χ1) is 13.8. The number of rotatable bonds is 8. The monoisotopic (exact) mass is 437 g/mol. The van der Waals surface area contributed by atoms with E-state index >= 15 is 0 Å². The van der Waals surface area contributed by atoms with Gasteiger partial charge in [0, 0.05) is 26.3 Å². The van der Waals surface area contributed by atoms with Gasteiger partial charge < -0.3 is 4.74 Å². The smallest absolute Gasteiger partial charge is 0.243 e. The fraction of sp³-hybridized carbons (Fsp3) is 0.429. The third-order valence-corrected chi connectivity index (χ3v) is 9.01. The van der Waals surface area contributed by atoms with Crippen LogP contribution >= 0.6 is 0 Å². The zero-order valence-electron chi connectivity index (χ0n) is 16.5. The van der Waals surface area contributed by atoms with E-state index in [1.54, 1.807) is 6.92 Å². The molecule has 2 aromatic carbocycles. The van der Waals surface area contributed by atoms with Gasteiger partial charge in [-0.3, -0.25) is 0 Å². The molecule has 0 amide bonds. The number of sulfonamides is 1. The highest BCUT2D eigenvalue weighted by atomic mass is 32.2. The Morgan fingerprint density at radius 3 is 2.07 bits per heavy atom. The molecule has 1 aliphatic rings. The van der Waals surface area contributed by atoms with Crippen molar-refractivity contribution in [3.05, 3.63) is 60.2 Å². The first kappa shape index (κ1) is 22.0. The van der Waals surface area contributed by atoms with Gasteiger partial charge in [0.2, 0.25) is 10.0 Å². The zero-order valence-corrected chi connectivity index (χ0v) is 18.2. The van der Waals surface area contributed by atoms with Crippen LogP contribution in [-0.4, -0.2) is 46.7 Å². The second-order valence-electron chi connectivity index (χ2n) is 7.23. The van der Waals surface area contributed by atoms with Crippen molar-refractivity contribution in [1.29, 1.82) is 0 Å². The van der Waals surface area contributed by atoms with Crippen LogP contribution in [0.25, 0.3) is 0 Å². The number of hydrogen-bond acceptors (Lipinski definition) is 5. The van der Waals surface area contributed by atoms with Crippen molar-refractivity contribution < 1.29 is 21.6 Å². The molecule has 0 atom stereocenters. The van der Waals surface area contributed by atoms with Gasteiger partial charge >= 0.3 is 0 Å². The average Bonchev–Trinajstić information content (AvgIpc) is 2.73. The minimum Gasteiger partial charge on any atom is -0.381 e. The molecular weight excluding hydrogens is 410 g/mol. The summed E-state index contributed by atoms with van der Waals surface area (Å²) in [6.07, 6.45) is 1.47. The molecule has 2 aromatic rings.